The van der Waals surface area contributed by atoms with Crippen LogP contribution in [0.2, 0.25) is 10.2 Å². The molecule has 4 aromatic carbocycles. The van der Waals surface area contributed by atoms with Gasteiger partial charge in [-0.2, -0.15) is 0 Å². The third-order valence-corrected chi connectivity index (χ3v) is 11.1. The second kappa shape index (κ2) is 31.3. The van der Waals surface area contributed by atoms with Crippen LogP contribution < -0.4 is 63.4 Å². The quantitative estimate of drug-likeness (QED) is 0.0302. The Kier molecular flexibility index (Phi) is 24.8. The molecule has 1 unspecified atom stereocenters. The molecule has 8 rings (SSSR count). The summed E-state index contributed by atoms with van der Waals surface area (Å²) in [7, 11) is 9.37. The van der Waals surface area contributed by atoms with E-state index in [1.807, 2.05) is 30.3 Å². The predicted octanol–water partition coefficient (Wildman–Crippen LogP) is 8.42. The van der Waals surface area contributed by atoms with Crippen LogP contribution >= 0.6 is 23.2 Å². The molecule has 404 valence electrons. The number of benzene rings is 4. The Morgan fingerprint density at radius 1 is 0.590 bits per heavy atom. The van der Waals surface area contributed by atoms with Crippen LogP contribution in [0.5, 0.6) is 34.5 Å². The molecular formula is C55H50Cl2IN8O12-. The normalized spacial score (nSPS) is 10.3. The number of amides is 1. The monoisotopic (exact) mass is 1210 g/mol. The van der Waals surface area contributed by atoms with Crippen molar-refractivity contribution in [1.29, 1.82) is 0 Å². The highest BCUT2D eigenvalue weighted by Crippen LogP contribution is 2.37. The van der Waals surface area contributed by atoms with Crippen molar-refractivity contribution in [3.05, 3.63) is 188 Å². The number of halogens is 3. The van der Waals surface area contributed by atoms with Gasteiger partial charge in [0, 0.05) is 58.6 Å². The second-order valence-electron chi connectivity index (χ2n) is 15.2. The van der Waals surface area contributed by atoms with Crippen molar-refractivity contribution >= 4 is 51.9 Å². The number of terminal acetylenes is 1. The highest BCUT2D eigenvalue weighted by molar-refractivity contribution is 6.31. The minimum atomic E-state index is -0.910. The first-order chi connectivity index (χ1) is 37.2. The summed E-state index contributed by atoms with van der Waals surface area (Å²) in [5.74, 6) is 5.57. The molecule has 4 aromatic heterocycles. The van der Waals surface area contributed by atoms with Crippen LogP contribution in [-0.2, 0) is 9.53 Å². The van der Waals surface area contributed by atoms with Crippen LogP contribution in [-0.4, -0.2) is 85.0 Å². The van der Waals surface area contributed by atoms with Gasteiger partial charge in [-0.3, -0.25) is 35.0 Å². The zero-order valence-corrected chi connectivity index (χ0v) is 46.3. The number of carbonyl (C=O) groups is 1. The number of hydrogen-bond acceptors (Lipinski definition) is 17. The second-order valence-corrected chi connectivity index (χ2v) is 16.0. The Bertz CT molecular complexity index is 3340. The molecular weight excluding hydrogens is 1160 g/mol. The number of nitro groups is 2. The van der Waals surface area contributed by atoms with Gasteiger partial charge in [-0.05, 0) is 109 Å². The molecule has 0 fully saturated rings. The molecule has 0 spiro atoms. The van der Waals surface area contributed by atoms with Gasteiger partial charge >= 0.3 is 5.69 Å². The number of rotatable bonds is 16. The SMILES string of the molecule is C#CCOC(C(=O)Nc1cccnc1-c1ccc(OC)c(OC)c1)c1ccc(Cl)cc1.COc1ccc(-c2ncccc2N)cc1OC.COc1ccc(-c2ncccc2[N+](=O)[O-])cc1OC.O=[N+]([O-])c1cccnc1Cl.[I-]. The van der Waals surface area contributed by atoms with Gasteiger partial charge in [0.1, 0.15) is 12.3 Å². The van der Waals surface area contributed by atoms with Gasteiger partial charge in [0.05, 0.1) is 75.3 Å². The number of nitrogens with zero attached hydrogens (tertiary/aromatic N) is 6. The van der Waals surface area contributed by atoms with Gasteiger partial charge < -0.3 is 68.2 Å². The lowest BCUT2D eigenvalue weighted by atomic mass is 10.1. The number of anilines is 2. The first-order valence-corrected chi connectivity index (χ1v) is 23.3. The Morgan fingerprint density at radius 2 is 1.01 bits per heavy atom. The molecule has 78 heavy (non-hydrogen) atoms. The molecule has 1 amide bonds. The summed E-state index contributed by atoms with van der Waals surface area (Å²) in [6, 6.07) is 35.7. The topological polar surface area (TPSA) is 258 Å². The zero-order valence-electron chi connectivity index (χ0n) is 42.6. The molecule has 4 heterocycles. The van der Waals surface area contributed by atoms with E-state index in [1.165, 1.54) is 50.9 Å². The zero-order chi connectivity index (χ0) is 55.9. The van der Waals surface area contributed by atoms with Crippen molar-refractivity contribution in [3.63, 3.8) is 0 Å². The summed E-state index contributed by atoms with van der Waals surface area (Å²) in [6.45, 7) is -0.0176. The molecule has 0 aliphatic carbocycles. The molecule has 3 N–H and O–H groups in total. The Morgan fingerprint density at radius 3 is 1.46 bits per heavy atom. The summed E-state index contributed by atoms with van der Waals surface area (Å²) in [6.07, 6.45) is 10.7. The summed E-state index contributed by atoms with van der Waals surface area (Å²) in [5.41, 5.74) is 11.3. The lowest BCUT2D eigenvalue weighted by Gasteiger charge is -2.18. The number of nitrogens with two attached hydrogens (primary N) is 1. The van der Waals surface area contributed by atoms with Crippen LogP contribution in [0, 0.1) is 32.6 Å². The number of carbonyl (C=O) groups excluding carboxylic acids is 1. The lowest BCUT2D eigenvalue weighted by molar-refractivity contribution is -0.385. The van der Waals surface area contributed by atoms with Gasteiger partial charge in [0.15, 0.2) is 40.6 Å². The maximum absolute atomic E-state index is 13.1. The average Bonchev–Trinajstić information content (AvgIpc) is 3.46. The van der Waals surface area contributed by atoms with Crippen molar-refractivity contribution in [2.24, 2.45) is 0 Å². The first kappa shape index (κ1) is 61.7. The van der Waals surface area contributed by atoms with Gasteiger partial charge in [0.2, 0.25) is 5.15 Å². The average molecular weight is 1210 g/mol. The highest BCUT2D eigenvalue weighted by atomic mass is 127. The Hall–Kier alpha value is -8.82. The molecule has 23 heteroatoms. The number of nitrogen functional groups attached to an aromatic ring is 1. The first-order valence-electron chi connectivity index (χ1n) is 22.5. The third-order valence-electron chi connectivity index (χ3n) is 10.5. The van der Waals surface area contributed by atoms with E-state index in [1.54, 1.807) is 114 Å². The molecule has 0 aliphatic rings. The molecule has 0 bridgehead atoms. The minimum Gasteiger partial charge on any atom is -1.00 e. The molecule has 8 aromatic rings. The summed E-state index contributed by atoms with van der Waals surface area (Å²) in [5, 5.41) is 24.5. The predicted molar refractivity (Wildman–Crippen MR) is 293 cm³/mol. The smallest absolute Gasteiger partial charge is 0.306 e. The summed E-state index contributed by atoms with van der Waals surface area (Å²) >= 11 is 11.3. The fraction of sp³-hybridized carbons (Fsp3) is 0.145. The van der Waals surface area contributed by atoms with Gasteiger partial charge in [-0.25, -0.2) is 9.97 Å². The van der Waals surface area contributed by atoms with Crippen molar-refractivity contribution in [2.75, 3.05) is 60.3 Å². The van der Waals surface area contributed by atoms with Gasteiger partial charge in [0.25, 0.3) is 11.6 Å². The maximum atomic E-state index is 13.1. The number of pyridine rings is 4. The van der Waals surface area contributed by atoms with Crippen LogP contribution in [0.4, 0.5) is 22.7 Å². The molecule has 20 nitrogen and oxygen atoms in total. The van der Waals surface area contributed by atoms with E-state index < -0.39 is 16.0 Å². The molecule has 1 atom stereocenters. The third kappa shape index (κ3) is 16.8. The van der Waals surface area contributed by atoms with E-state index in [-0.39, 0.29) is 53.0 Å². The number of hydrogen-bond donors (Lipinski definition) is 2. The van der Waals surface area contributed by atoms with E-state index in [9.17, 15) is 25.0 Å². The molecule has 0 radical (unpaired) electrons. The molecule has 0 saturated heterocycles. The van der Waals surface area contributed by atoms with Crippen LogP contribution in [0.3, 0.4) is 0 Å². The van der Waals surface area contributed by atoms with E-state index in [4.69, 9.17) is 68.5 Å². The van der Waals surface area contributed by atoms with Crippen molar-refractivity contribution in [1.82, 2.24) is 19.9 Å². The van der Waals surface area contributed by atoms with Crippen LogP contribution in [0.1, 0.15) is 11.7 Å². The van der Waals surface area contributed by atoms with E-state index >= 15 is 0 Å². The van der Waals surface area contributed by atoms with Crippen molar-refractivity contribution in [3.8, 4) is 80.6 Å². The largest absolute Gasteiger partial charge is 1.00 e. The van der Waals surface area contributed by atoms with Gasteiger partial charge in [-0.15, -0.1) is 6.42 Å². The fourth-order valence-electron chi connectivity index (χ4n) is 6.92. The van der Waals surface area contributed by atoms with Gasteiger partial charge in [-0.1, -0.05) is 41.3 Å². The Balaban J connectivity index is 0.000000240. The van der Waals surface area contributed by atoms with Crippen molar-refractivity contribution < 1.29 is 71.8 Å². The molecule has 0 saturated carbocycles. The van der Waals surface area contributed by atoms with Crippen molar-refractivity contribution in [2.45, 2.75) is 6.10 Å². The standard InChI is InChI=1S/C24H21ClN2O4.C13H12N2O4.C13H14N2O2.C5H3ClN2O2.HI/c1-4-14-31-23(16-7-10-18(25)11-8-16)24(28)27-19-6-5-13-26-22(19)17-9-12-20(29-2)21(15-17)30-3;1-18-11-6-5-9(8-12(11)19-2)13-10(15(16)17)4-3-7-14-13;1-16-11-6-5-9(8-12(11)17-2)13-10(14)4-3-7-15-13;6-5-4(8(9)10)2-1-3-7-5;/h1,5-13,15,23H,14H2,2-3H3,(H,27,28);3-8H,1-2H3;3-8H,14H2,1-2H3;1-3H;1H/p-1. The summed E-state index contributed by atoms with van der Waals surface area (Å²) in [4.78, 5) is 49.4. The maximum Gasteiger partial charge on any atom is 0.306 e. The van der Waals surface area contributed by atoms with E-state index in [0.717, 1.165) is 16.8 Å². The Labute approximate surface area is 476 Å². The van der Waals surface area contributed by atoms with E-state index in [2.05, 4.69) is 31.2 Å². The fourth-order valence-corrected chi connectivity index (χ4v) is 7.23. The summed E-state index contributed by atoms with van der Waals surface area (Å²) < 4.78 is 37.0. The number of nitrogens with one attached hydrogen (secondary N) is 1. The minimum absolute atomic E-state index is 0. The highest BCUT2D eigenvalue weighted by Gasteiger charge is 2.24. The lowest BCUT2D eigenvalue weighted by Crippen LogP contribution is -3.00. The molecule has 0 aliphatic heterocycles. The number of aromatic nitrogens is 4. The van der Waals surface area contributed by atoms with Crippen LogP contribution in [0.15, 0.2) is 152 Å². The number of ether oxygens (including phenoxy) is 7. The number of methoxy groups -OCH3 is 6. The van der Waals surface area contributed by atoms with E-state index in [0.29, 0.717) is 73.4 Å². The van der Waals surface area contributed by atoms with Crippen LogP contribution in [0.25, 0.3) is 33.8 Å².